The Labute approximate surface area is 126 Å². The third-order valence-corrected chi connectivity index (χ3v) is 3.76. The van der Waals surface area contributed by atoms with E-state index in [0.29, 0.717) is 18.2 Å². The predicted molar refractivity (Wildman–Crippen MR) is 82.3 cm³/mol. The van der Waals surface area contributed by atoms with Crippen molar-refractivity contribution in [2.45, 2.75) is 52.2 Å². The highest BCUT2D eigenvalue weighted by atomic mass is 16.5. The SMILES string of the molecule is CC(C)CNC(=O)C(C)Oc1ccc2c(c1)CCCC2O. The van der Waals surface area contributed by atoms with E-state index in [1.54, 1.807) is 6.92 Å². The number of rotatable bonds is 5. The fourth-order valence-electron chi connectivity index (χ4n) is 2.54. The molecule has 116 valence electrons. The molecule has 0 bridgehead atoms. The van der Waals surface area contributed by atoms with Crippen LogP contribution in [-0.4, -0.2) is 23.7 Å². The summed E-state index contributed by atoms with van der Waals surface area (Å²) >= 11 is 0. The van der Waals surface area contributed by atoms with Gasteiger partial charge in [-0.25, -0.2) is 0 Å². The van der Waals surface area contributed by atoms with Gasteiger partial charge in [-0.1, -0.05) is 19.9 Å². The number of hydrogen-bond acceptors (Lipinski definition) is 3. The van der Waals surface area contributed by atoms with Gasteiger partial charge in [0.25, 0.3) is 5.91 Å². The largest absolute Gasteiger partial charge is 0.481 e. The first-order chi connectivity index (χ1) is 9.97. The number of aryl methyl sites for hydroxylation is 1. The molecule has 1 aliphatic carbocycles. The standard InChI is InChI=1S/C17H25NO3/c1-11(2)10-18-17(20)12(3)21-14-7-8-15-13(9-14)5-4-6-16(15)19/h7-9,11-12,16,19H,4-6,10H2,1-3H3,(H,18,20). The first-order valence-electron chi connectivity index (χ1n) is 7.72. The normalized spacial score (nSPS) is 19.0. The van der Waals surface area contributed by atoms with Crippen molar-refractivity contribution in [3.63, 3.8) is 0 Å². The third kappa shape index (κ3) is 4.21. The molecule has 1 amide bonds. The van der Waals surface area contributed by atoms with Crippen LogP contribution in [0.2, 0.25) is 0 Å². The van der Waals surface area contributed by atoms with Crippen molar-refractivity contribution in [2.24, 2.45) is 5.92 Å². The Morgan fingerprint density at radius 3 is 2.90 bits per heavy atom. The minimum Gasteiger partial charge on any atom is -0.481 e. The topological polar surface area (TPSA) is 58.6 Å². The summed E-state index contributed by atoms with van der Waals surface area (Å²) in [5.41, 5.74) is 2.12. The van der Waals surface area contributed by atoms with Gasteiger partial charge in [0.05, 0.1) is 6.10 Å². The number of fused-ring (bicyclic) bond motifs is 1. The van der Waals surface area contributed by atoms with Crippen LogP contribution in [0.25, 0.3) is 0 Å². The molecular formula is C17H25NO3. The second-order valence-electron chi connectivity index (χ2n) is 6.17. The Morgan fingerprint density at radius 2 is 2.19 bits per heavy atom. The Balaban J connectivity index is 1.98. The van der Waals surface area contributed by atoms with E-state index in [4.69, 9.17) is 4.74 Å². The lowest BCUT2D eigenvalue weighted by molar-refractivity contribution is -0.127. The van der Waals surface area contributed by atoms with E-state index >= 15 is 0 Å². The zero-order valence-corrected chi connectivity index (χ0v) is 13.1. The summed E-state index contributed by atoms with van der Waals surface area (Å²) in [5.74, 6) is 1.02. The quantitative estimate of drug-likeness (QED) is 0.876. The highest BCUT2D eigenvalue weighted by molar-refractivity contribution is 5.80. The maximum Gasteiger partial charge on any atom is 0.260 e. The van der Waals surface area contributed by atoms with E-state index in [9.17, 15) is 9.90 Å². The van der Waals surface area contributed by atoms with Crippen molar-refractivity contribution in [1.82, 2.24) is 5.32 Å². The van der Waals surface area contributed by atoms with E-state index in [0.717, 1.165) is 30.4 Å². The lowest BCUT2D eigenvalue weighted by Crippen LogP contribution is -2.38. The average Bonchev–Trinajstić information content (AvgIpc) is 2.44. The maximum absolute atomic E-state index is 11.9. The number of carbonyl (C=O) groups excluding carboxylic acids is 1. The van der Waals surface area contributed by atoms with Gasteiger partial charge in [0.2, 0.25) is 0 Å². The number of amides is 1. The Bertz CT molecular complexity index is 499. The Kier molecular flexibility index (Phi) is 5.23. The van der Waals surface area contributed by atoms with Gasteiger partial charge in [0.15, 0.2) is 6.10 Å². The van der Waals surface area contributed by atoms with Crippen molar-refractivity contribution >= 4 is 5.91 Å². The smallest absolute Gasteiger partial charge is 0.260 e. The zero-order valence-electron chi connectivity index (χ0n) is 13.1. The van der Waals surface area contributed by atoms with Crippen LogP contribution >= 0.6 is 0 Å². The third-order valence-electron chi connectivity index (χ3n) is 3.76. The molecule has 1 aromatic rings. The fraction of sp³-hybridized carbons (Fsp3) is 0.588. The number of hydrogen-bond donors (Lipinski definition) is 2. The van der Waals surface area contributed by atoms with Crippen molar-refractivity contribution in [3.05, 3.63) is 29.3 Å². The van der Waals surface area contributed by atoms with Crippen LogP contribution in [0, 0.1) is 5.92 Å². The van der Waals surface area contributed by atoms with Crippen LogP contribution < -0.4 is 10.1 Å². The molecule has 1 aromatic carbocycles. The van der Waals surface area contributed by atoms with Crippen LogP contribution in [0.4, 0.5) is 0 Å². The molecular weight excluding hydrogens is 266 g/mol. The number of ether oxygens (including phenoxy) is 1. The molecule has 0 aromatic heterocycles. The summed E-state index contributed by atoms with van der Waals surface area (Å²) in [7, 11) is 0. The van der Waals surface area contributed by atoms with Crippen LogP contribution in [-0.2, 0) is 11.2 Å². The van der Waals surface area contributed by atoms with Crippen LogP contribution in [0.15, 0.2) is 18.2 Å². The summed E-state index contributed by atoms with van der Waals surface area (Å²) in [6, 6.07) is 5.69. The van der Waals surface area contributed by atoms with E-state index in [-0.39, 0.29) is 12.0 Å². The van der Waals surface area contributed by atoms with Gasteiger partial charge in [-0.15, -0.1) is 0 Å². The molecule has 0 fully saturated rings. The number of benzene rings is 1. The molecule has 0 heterocycles. The molecule has 4 nitrogen and oxygen atoms in total. The summed E-state index contributed by atoms with van der Waals surface area (Å²) in [6.45, 7) is 6.52. The number of aliphatic hydroxyl groups excluding tert-OH is 1. The number of carbonyl (C=O) groups is 1. The average molecular weight is 291 g/mol. The van der Waals surface area contributed by atoms with Crippen LogP contribution in [0.1, 0.15) is 50.8 Å². The highest BCUT2D eigenvalue weighted by Gasteiger charge is 2.20. The lowest BCUT2D eigenvalue weighted by atomic mass is 9.89. The minimum atomic E-state index is -0.518. The van der Waals surface area contributed by atoms with E-state index in [1.807, 2.05) is 18.2 Å². The molecule has 0 aliphatic heterocycles. The molecule has 2 N–H and O–H groups in total. The van der Waals surface area contributed by atoms with Crippen molar-refractivity contribution in [3.8, 4) is 5.75 Å². The Morgan fingerprint density at radius 1 is 1.43 bits per heavy atom. The second kappa shape index (κ2) is 6.94. The second-order valence-corrected chi connectivity index (χ2v) is 6.17. The summed E-state index contributed by atoms with van der Waals surface area (Å²) in [5, 5.41) is 12.8. The van der Waals surface area contributed by atoms with Gasteiger partial charge in [-0.3, -0.25) is 4.79 Å². The highest BCUT2D eigenvalue weighted by Crippen LogP contribution is 2.32. The van der Waals surface area contributed by atoms with Gasteiger partial charge in [-0.05, 0) is 55.4 Å². The van der Waals surface area contributed by atoms with E-state index < -0.39 is 6.10 Å². The molecule has 0 radical (unpaired) electrons. The zero-order chi connectivity index (χ0) is 15.4. The molecule has 2 unspecified atom stereocenters. The fourth-order valence-corrected chi connectivity index (χ4v) is 2.54. The van der Waals surface area contributed by atoms with Gasteiger partial charge >= 0.3 is 0 Å². The molecule has 0 saturated heterocycles. The number of aliphatic hydroxyl groups is 1. The first-order valence-corrected chi connectivity index (χ1v) is 7.72. The summed E-state index contributed by atoms with van der Waals surface area (Å²) in [4.78, 5) is 11.9. The van der Waals surface area contributed by atoms with Crippen molar-refractivity contribution in [1.29, 1.82) is 0 Å². The monoisotopic (exact) mass is 291 g/mol. The molecule has 1 aliphatic rings. The molecule has 0 spiro atoms. The summed E-state index contributed by atoms with van der Waals surface area (Å²) < 4.78 is 5.72. The van der Waals surface area contributed by atoms with Gasteiger partial charge in [-0.2, -0.15) is 0 Å². The van der Waals surface area contributed by atoms with Gasteiger partial charge < -0.3 is 15.2 Å². The van der Waals surface area contributed by atoms with Crippen LogP contribution in [0.3, 0.4) is 0 Å². The first kappa shape index (κ1) is 15.8. The molecule has 2 rings (SSSR count). The van der Waals surface area contributed by atoms with Crippen LogP contribution in [0.5, 0.6) is 5.75 Å². The lowest BCUT2D eigenvalue weighted by Gasteiger charge is -2.22. The molecule has 2 atom stereocenters. The van der Waals surface area contributed by atoms with E-state index in [1.165, 1.54) is 0 Å². The molecule has 21 heavy (non-hydrogen) atoms. The van der Waals surface area contributed by atoms with E-state index in [2.05, 4.69) is 19.2 Å². The maximum atomic E-state index is 11.9. The van der Waals surface area contributed by atoms with Gasteiger partial charge in [0.1, 0.15) is 5.75 Å². The summed E-state index contributed by atoms with van der Waals surface area (Å²) in [6.07, 6.45) is 1.88. The van der Waals surface area contributed by atoms with Gasteiger partial charge in [0, 0.05) is 6.54 Å². The minimum absolute atomic E-state index is 0.0959. The molecule has 4 heteroatoms. The van der Waals surface area contributed by atoms with Crippen molar-refractivity contribution in [2.75, 3.05) is 6.54 Å². The Hall–Kier alpha value is -1.55. The predicted octanol–water partition coefficient (Wildman–Crippen LogP) is 2.60. The molecule has 0 saturated carbocycles. The van der Waals surface area contributed by atoms with Crippen molar-refractivity contribution < 1.29 is 14.6 Å². The number of nitrogens with one attached hydrogen (secondary N) is 1.